The molecule has 1 aliphatic heterocycles. The zero-order chi connectivity index (χ0) is 12.4. The summed E-state index contributed by atoms with van der Waals surface area (Å²) in [7, 11) is -1.46. The molecule has 0 aromatic rings. The third-order valence-electron chi connectivity index (χ3n) is 3.77. The Morgan fingerprint density at radius 3 is 2.50 bits per heavy atom. The van der Waals surface area contributed by atoms with E-state index >= 15 is 0 Å². The highest BCUT2D eigenvalue weighted by Gasteiger charge is 2.37. The predicted molar refractivity (Wildman–Crippen MR) is 66.9 cm³/mol. The van der Waals surface area contributed by atoms with Crippen LogP contribution in [-0.2, 0) is 10.0 Å². The number of nitrogens with one attached hydrogen (secondary N) is 1. The molecular weight excluding hydrogens is 224 g/mol. The maximum atomic E-state index is 12.4. The summed E-state index contributed by atoms with van der Waals surface area (Å²) in [5.74, 6) is 0. The monoisotopic (exact) mass is 248 g/mol. The van der Waals surface area contributed by atoms with Crippen LogP contribution in [0.15, 0.2) is 0 Å². The lowest BCUT2D eigenvalue weighted by atomic mass is 10.0. The van der Waals surface area contributed by atoms with E-state index in [-0.39, 0.29) is 10.8 Å². The molecule has 0 spiro atoms. The molecule has 5 heteroatoms. The Morgan fingerprint density at radius 2 is 2.06 bits per heavy atom. The van der Waals surface area contributed by atoms with Crippen LogP contribution >= 0.6 is 0 Å². The third-order valence-corrected chi connectivity index (χ3v) is 6.27. The van der Waals surface area contributed by atoms with Gasteiger partial charge in [-0.3, -0.25) is 0 Å². The number of nitrogens with zero attached hydrogens (tertiary/aromatic N) is 1. The summed E-state index contributed by atoms with van der Waals surface area (Å²) in [5, 5.41) is 2.91. The lowest BCUT2D eigenvalue weighted by molar-refractivity contribution is 0.252. The van der Waals surface area contributed by atoms with Gasteiger partial charge in [0.25, 0.3) is 0 Å². The van der Waals surface area contributed by atoms with Crippen LogP contribution in [0, 0.1) is 0 Å². The second-order valence-electron chi connectivity index (χ2n) is 5.15. The van der Waals surface area contributed by atoms with Crippen molar-refractivity contribution in [3.8, 4) is 0 Å². The molecule has 16 heavy (non-hydrogen) atoms. The molecule has 0 aliphatic carbocycles. The fraction of sp³-hybridized carbons (Fsp3) is 1.00. The van der Waals surface area contributed by atoms with Gasteiger partial charge in [-0.05, 0) is 39.7 Å². The highest BCUT2D eigenvalue weighted by atomic mass is 32.2. The van der Waals surface area contributed by atoms with Gasteiger partial charge in [0.1, 0.15) is 0 Å². The quantitative estimate of drug-likeness (QED) is 0.813. The van der Waals surface area contributed by atoms with Crippen LogP contribution in [0.4, 0.5) is 0 Å². The second-order valence-corrected chi connectivity index (χ2v) is 7.39. The standard InChI is InChI=1S/C11H24N2O2S/c1-5-11(2,3)13(4)16(14,15)10-7-6-8-12-9-10/h10,12H,5-9H2,1-4H3. The summed E-state index contributed by atoms with van der Waals surface area (Å²) in [6.45, 7) is 7.49. The number of hydrogen-bond acceptors (Lipinski definition) is 3. The highest BCUT2D eigenvalue weighted by molar-refractivity contribution is 7.89. The van der Waals surface area contributed by atoms with Crippen molar-refractivity contribution >= 4 is 10.0 Å². The first kappa shape index (κ1) is 13.9. The van der Waals surface area contributed by atoms with Gasteiger partial charge in [0, 0.05) is 19.1 Å². The van der Waals surface area contributed by atoms with Gasteiger partial charge in [-0.15, -0.1) is 0 Å². The van der Waals surface area contributed by atoms with E-state index in [1.54, 1.807) is 11.4 Å². The molecule has 0 amide bonds. The molecule has 96 valence electrons. The smallest absolute Gasteiger partial charge is 0.218 e. The lowest BCUT2D eigenvalue weighted by Crippen LogP contribution is -2.51. The fourth-order valence-corrected chi connectivity index (χ4v) is 3.92. The van der Waals surface area contributed by atoms with E-state index in [0.29, 0.717) is 6.54 Å². The third kappa shape index (κ3) is 2.76. The zero-order valence-electron chi connectivity index (χ0n) is 10.8. The molecule has 1 N–H and O–H groups in total. The summed E-state index contributed by atoms with van der Waals surface area (Å²) in [4.78, 5) is 0. The van der Waals surface area contributed by atoms with Gasteiger partial charge in [0.2, 0.25) is 10.0 Å². The molecule has 1 unspecified atom stereocenters. The zero-order valence-corrected chi connectivity index (χ0v) is 11.6. The van der Waals surface area contributed by atoms with E-state index in [0.717, 1.165) is 25.8 Å². The Labute approximate surface area is 99.5 Å². The van der Waals surface area contributed by atoms with Crippen LogP contribution < -0.4 is 5.32 Å². The van der Waals surface area contributed by atoms with Crippen LogP contribution in [0.2, 0.25) is 0 Å². The van der Waals surface area contributed by atoms with E-state index < -0.39 is 10.0 Å². The summed E-state index contributed by atoms with van der Waals surface area (Å²) in [5.41, 5.74) is -0.295. The predicted octanol–water partition coefficient (Wildman–Crippen LogP) is 1.19. The molecule has 0 bridgehead atoms. The van der Waals surface area contributed by atoms with Crippen molar-refractivity contribution < 1.29 is 8.42 Å². The Morgan fingerprint density at radius 1 is 1.44 bits per heavy atom. The van der Waals surface area contributed by atoms with Crippen LogP contribution in [0.1, 0.15) is 40.0 Å². The molecule has 1 atom stereocenters. The molecule has 0 radical (unpaired) electrons. The molecule has 0 aromatic heterocycles. The Kier molecular flexibility index (Phi) is 4.37. The summed E-state index contributed by atoms with van der Waals surface area (Å²) in [6.07, 6.45) is 2.55. The van der Waals surface area contributed by atoms with Gasteiger partial charge in [-0.25, -0.2) is 8.42 Å². The number of rotatable bonds is 4. The van der Waals surface area contributed by atoms with E-state index in [2.05, 4.69) is 5.32 Å². The number of piperidine rings is 1. The molecule has 4 nitrogen and oxygen atoms in total. The first-order valence-corrected chi connectivity index (χ1v) is 7.51. The van der Waals surface area contributed by atoms with Crippen LogP contribution in [0.25, 0.3) is 0 Å². The van der Waals surface area contributed by atoms with E-state index in [1.165, 1.54) is 0 Å². The number of hydrogen-bond donors (Lipinski definition) is 1. The van der Waals surface area contributed by atoms with E-state index in [1.807, 2.05) is 20.8 Å². The van der Waals surface area contributed by atoms with Crippen molar-refractivity contribution in [2.45, 2.75) is 50.8 Å². The van der Waals surface area contributed by atoms with Crippen molar-refractivity contribution in [1.29, 1.82) is 0 Å². The van der Waals surface area contributed by atoms with Crippen molar-refractivity contribution in [3.63, 3.8) is 0 Å². The van der Waals surface area contributed by atoms with Crippen LogP contribution in [-0.4, -0.2) is 43.6 Å². The minimum Gasteiger partial charge on any atom is -0.315 e. The lowest BCUT2D eigenvalue weighted by Gasteiger charge is -2.37. The van der Waals surface area contributed by atoms with E-state index in [9.17, 15) is 8.42 Å². The van der Waals surface area contributed by atoms with Gasteiger partial charge >= 0.3 is 0 Å². The van der Waals surface area contributed by atoms with Gasteiger partial charge in [-0.1, -0.05) is 6.92 Å². The molecular formula is C11H24N2O2S. The SMILES string of the molecule is CCC(C)(C)N(C)S(=O)(=O)C1CCCNC1. The molecule has 1 aliphatic rings. The van der Waals surface area contributed by atoms with Crippen molar-refractivity contribution in [1.82, 2.24) is 9.62 Å². The second kappa shape index (κ2) is 5.02. The minimum absolute atomic E-state index is 0.253. The van der Waals surface area contributed by atoms with Gasteiger partial charge < -0.3 is 5.32 Å². The maximum Gasteiger partial charge on any atom is 0.218 e. The Balaban J connectivity index is 2.84. The van der Waals surface area contributed by atoms with Crippen molar-refractivity contribution in [2.75, 3.05) is 20.1 Å². The molecule has 0 aromatic carbocycles. The van der Waals surface area contributed by atoms with Crippen molar-refractivity contribution in [3.05, 3.63) is 0 Å². The fourth-order valence-electron chi connectivity index (χ4n) is 1.86. The molecule has 0 saturated carbocycles. The maximum absolute atomic E-state index is 12.4. The topological polar surface area (TPSA) is 49.4 Å². The van der Waals surface area contributed by atoms with Crippen LogP contribution in [0.3, 0.4) is 0 Å². The largest absolute Gasteiger partial charge is 0.315 e. The average Bonchev–Trinajstić information content (AvgIpc) is 2.29. The molecule has 1 saturated heterocycles. The summed E-state index contributed by atoms with van der Waals surface area (Å²) < 4.78 is 26.3. The molecule has 1 heterocycles. The van der Waals surface area contributed by atoms with Gasteiger partial charge in [-0.2, -0.15) is 4.31 Å². The highest BCUT2D eigenvalue weighted by Crippen LogP contribution is 2.24. The summed E-state index contributed by atoms with van der Waals surface area (Å²) in [6, 6.07) is 0. The average molecular weight is 248 g/mol. The minimum atomic E-state index is -3.16. The van der Waals surface area contributed by atoms with E-state index in [4.69, 9.17) is 0 Å². The van der Waals surface area contributed by atoms with Crippen LogP contribution in [0.5, 0.6) is 0 Å². The first-order chi connectivity index (χ1) is 7.32. The molecule has 1 fully saturated rings. The number of sulfonamides is 1. The van der Waals surface area contributed by atoms with Crippen molar-refractivity contribution in [2.24, 2.45) is 0 Å². The Bertz CT molecular complexity index is 319. The molecule has 1 rings (SSSR count). The summed E-state index contributed by atoms with van der Waals surface area (Å²) >= 11 is 0. The van der Waals surface area contributed by atoms with Gasteiger partial charge in [0.05, 0.1) is 5.25 Å². The normalized spacial score (nSPS) is 23.7. The Hall–Kier alpha value is -0.130. The van der Waals surface area contributed by atoms with Gasteiger partial charge in [0.15, 0.2) is 0 Å². The first-order valence-electron chi connectivity index (χ1n) is 6.01.